The van der Waals surface area contributed by atoms with E-state index in [1.165, 1.54) is 69.5 Å². The van der Waals surface area contributed by atoms with E-state index in [-0.39, 0.29) is 5.41 Å². The second kappa shape index (κ2) is 8.52. The zero-order valence-electron chi connectivity index (χ0n) is 21.7. The molecule has 0 radical (unpaired) electrons. The second-order valence-electron chi connectivity index (χ2n) is 11.1. The molecule has 0 saturated carbocycles. The summed E-state index contributed by atoms with van der Waals surface area (Å²) in [6.45, 7) is 9.68. The van der Waals surface area contributed by atoms with Crippen molar-refractivity contribution in [1.29, 1.82) is 0 Å². The summed E-state index contributed by atoms with van der Waals surface area (Å²) in [5, 5.41) is 5.45. The van der Waals surface area contributed by atoms with Crippen molar-refractivity contribution in [3.05, 3.63) is 106 Å². The van der Waals surface area contributed by atoms with Gasteiger partial charge in [-0.25, -0.2) is 0 Å². The van der Waals surface area contributed by atoms with Crippen LogP contribution in [-0.4, -0.2) is 0 Å². The number of allylic oxidation sites excluding steroid dienone is 4. The molecule has 0 fully saturated rings. The molecule has 0 atom stereocenters. The Morgan fingerprint density at radius 1 is 0.571 bits per heavy atom. The highest BCUT2D eigenvalue weighted by Gasteiger charge is 2.40. The van der Waals surface area contributed by atoms with Gasteiger partial charge in [0, 0.05) is 5.41 Å². The third-order valence-electron chi connectivity index (χ3n) is 8.35. The molecule has 4 aromatic carbocycles. The largest absolute Gasteiger partial charge is 0.0651 e. The maximum absolute atomic E-state index is 2.51. The molecule has 0 nitrogen and oxygen atoms in total. The van der Waals surface area contributed by atoms with E-state index in [9.17, 15) is 0 Å². The minimum absolute atomic E-state index is 0.0313. The van der Waals surface area contributed by atoms with E-state index in [0.29, 0.717) is 0 Å². The lowest BCUT2D eigenvalue weighted by Crippen LogP contribution is -2.18. The molecule has 0 heterocycles. The van der Waals surface area contributed by atoms with Crippen LogP contribution in [-0.2, 0) is 12.8 Å². The lowest BCUT2D eigenvalue weighted by molar-refractivity contribution is 0.660. The maximum atomic E-state index is 2.51. The fraction of sp³-hybridized carbons (Fsp3) is 0.314. The van der Waals surface area contributed by atoms with Crippen LogP contribution in [0.25, 0.3) is 32.7 Å². The van der Waals surface area contributed by atoms with Gasteiger partial charge in [0.15, 0.2) is 0 Å². The number of hydrogen-bond acceptors (Lipinski definition) is 0. The van der Waals surface area contributed by atoms with Gasteiger partial charge in [0.05, 0.1) is 0 Å². The van der Waals surface area contributed by atoms with E-state index >= 15 is 0 Å². The van der Waals surface area contributed by atoms with Crippen molar-refractivity contribution in [2.75, 3.05) is 0 Å². The molecule has 0 spiro atoms. The van der Waals surface area contributed by atoms with E-state index in [4.69, 9.17) is 0 Å². The lowest BCUT2D eigenvalue weighted by Gasteiger charge is -2.33. The molecular weight excluding hydrogens is 420 g/mol. The van der Waals surface area contributed by atoms with Gasteiger partial charge < -0.3 is 0 Å². The zero-order chi connectivity index (χ0) is 24.2. The van der Waals surface area contributed by atoms with Gasteiger partial charge in [-0.3, -0.25) is 0 Å². The average Bonchev–Trinajstić information content (AvgIpc) is 3.38. The molecule has 0 bridgehead atoms. The molecule has 0 N–H and O–H groups in total. The van der Waals surface area contributed by atoms with Crippen molar-refractivity contribution >= 4 is 32.7 Å². The van der Waals surface area contributed by atoms with Crippen molar-refractivity contribution < 1.29 is 0 Å². The van der Waals surface area contributed by atoms with Gasteiger partial charge in [-0.05, 0) is 92.8 Å². The van der Waals surface area contributed by atoms with Crippen LogP contribution in [0, 0.1) is 5.41 Å². The third-order valence-corrected chi connectivity index (χ3v) is 8.35. The topological polar surface area (TPSA) is 0 Å². The summed E-state index contributed by atoms with van der Waals surface area (Å²) < 4.78 is 0. The quantitative estimate of drug-likeness (QED) is 0.271. The summed E-state index contributed by atoms with van der Waals surface area (Å²) in [5.74, 6) is 0. The molecule has 0 heteroatoms. The van der Waals surface area contributed by atoms with E-state index in [0.717, 1.165) is 12.8 Å². The first-order chi connectivity index (χ1) is 17.0. The van der Waals surface area contributed by atoms with Crippen molar-refractivity contribution in [3.63, 3.8) is 0 Å². The molecule has 0 amide bonds. The summed E-state index contributed by atoms with van der Waals surface area (Å²) in [7, 11) is 0. The number of fused-ring (bicyclic) bond motifs is 4. The smallest absolute Gasteiger partial charge is 0.0157 e. The highest BCUT2D eigenvalue weighted by molar-refractivity contribution is 5.99. The van der Waals surface area contributed by atoms with E-state index < -0.39 is 0 Å². The fourth-order valence-electron chi connectivity index (χ4n) is 7.06. The minimum atomic E-state index is -0.0313. The van der Waals surface area contributed by atoms with Gasteiger partial charge in [-0.2, -0.15) is 0 Å². The summed E-state index contributed by atoms with van der Waals surface area (Å²) in [5.41, 5.74) is 12.5. The van der Waals surface area contributed by atoms with Crippen LogP contribution in [0.2, 0.25) is 0 Å². The van der Waals surface area contributed by atoms with Gasteiger partial charge in [-0.15, -0.1) is 0 Å². The molecule has 4 aromatic rings. The Labute approximate surface area is 210 Å². The molecule has 0 unspecified atom stereocenters. The van der Waals surface area contributed by atoms with Crippen LogP contribution >= 0.6 is 0 Å². The molecule has 2 aliphatic carbocycles. The Morgan fingerprint density at radius 3 is 1.31 bits per heavy atom. The Bertz CT molecular complexity index is 1410. The Balaban J connectivity index is 1.57. The monoisotopic (exact) mass is 456 g/mol. The highest BCUT2D eigenvalue weighted by Crippen LogP contribution is 2.56. The first-order valence-electron chi connectivity index (χ1n) is 13.5. The van der Waals surface area contributed by atoms with E-state index in [1.807, 2.05) is 0 Å². The lowest BCUT2D eigenvalue weighted by atomic mass is 9.70. The number of rotatable bonds is 6. The fourth-order valence-corrected chi connectivity index (χ4v) is 7.06. The van der Waals surface area contributed by atoms with Crippen molar-refractivity contribution in [2.45, 2.75) is 66.2 Å². The molecule has 0 saturated heterocycles. The number of hydrogen-bond donors (Lipinski definition) is 0. The molecule has 2 aliphatic rings. The predicted molar refractivity (Wildman–Crippen MR) is 153 cm³/mol. The van der Waals surface area contributed by atoms with Crippen LogP contribution in [0.15, 0.2) is 83.9 Å². The van der Waals surface area contributed by atoms with Gasteiger partial charge in [0.1, 0.15) is 0 Å². The molecule has 176 valence electrons. The molecule has 0 aromatic heterocycles. The first kappa shape index (κ1) is 22.4. The van der Waals surface area contributed by atoms with Gasteiger partial charge in [0.25, 0.3) is 0 Å². The molecule has 0 aliphatic heterocycles. The Morgan fingerprint density at radius 2 is 0.943 bits per heavy atom. The summed E-state index contributed by atoms with van der Waals surface area (Å²) in [4.78, 5) is 0. The van der Waals surface area contributed by atoms with E-state index in [2.05, 4.69) is 100 Å². The normalized spacial score (nSPS) is 15.4. The number of benzene rings is 4. The predicted octanol–water partition coefficient (Wildman–Crippen LogP) is 9.94. The zero-order valence-corrected chi connectivity index (χ0v) is 21.7. The van der Waals surface area contributed by atoms with Crippen LogP contribution in [0.4, 0.5) is 0 Å². The molecule has 35 heavy (non-hydrogen) atoms. The average molecular weight is 457 g/mol. The van der Waals surface area contributed by atoms with Crippen molar-refractivity contribution in [2.24, 2.45) is 5.41 Å². The Hall–Kier alpha value is -3.12. The van der Waals surface area contributed by atoms with Crippen LogP contribution in [0.1, 0.15) is 75.6 Å². The molecule has 6 rings (SSSR count). The maximum Gasteiger partial charge on any atom is 0.0157 e. The minimum Gasteiger partial charge on any atom is -0.0651 e. The summed E-state index contributed by atoms with van der Waals surface area (Å²) >= 11 is 0. The van der Waals surface area contributed by atoms with Gasteiger partial charge in [-0.1, -0.05) is 112 Å². The van der Waals surface area contributed by atoms with Crippen LogP contribution in [0.5, 0.6) is 0 Å². The molecular formula is C35H36. The van der Waals surface area contributed by atoms with Crippen molar-refractivity contribution in [3.8, 4) is 0 Å². The summed E-state index contributed by atoms with van der Waals surface area (Å²) in [6.07, 6.45) is 6.98. The highest BCUT2D eigenvalue weighted by atomic mass is 14.4. The van der Waals surface area contributed by atoms with Crippen molar-refractivity contribution in [1.82, 2.24) is 0 Å². The SMILES string of the molecule is CCCC1=C(C(C)(C)C2=C(CCC)Cc3cc4ccccc4cc32)c2cc3ccccc3cc2C1. The van der Waals surface area contributed by atoms with E-state index in [1.54, 1.807) is 22.3 Å². The summed E-state index contributed by atoms with van der Waals surface area (Å²) in [6, 6.07) is 27.6. The van der Waals surface area contributed by atoms with Gasteiger partial charge >= 0.3 is 0 Å². The second-order valence-corrected chi connectivity index (χ2v) is 11.1. The van der Waals surface area contributed by atoms with Crippen LogP contribution in [0.3, 0.4) is 0 Å². The standard InChI is InChI=1S/C35H36/c1-5-11-27-19-29-17-23-13-7-9-15-25(23)21-31(29)33(27)35(3,4)34-28(12-6-2)20-30-18-24-14-8-10-16-26(24)22-32(30)34/h7-10,13-18,21-22H,5-6,11-12,19-20H2,1-4H3. The Kier molecular flexibility index (Phi) is 5.44. The van der Waals surface area contributed by atoms with Gasteiger partial charge in [0.2, 0.25) is 0 Å². The first-order valence-corrected chi connectivity index (χ1v) is 13.5. The third kappa shape index (κ3) is 3.57. The van der Waals surface area contributed by atoms with Crippen LogP contribution < -0.4 is 0 Å².